The Labute approximate surface area is 64.0 Å². The second kappa shape index (κ2) is 2.32. The molecule has 1 atom stereocenters. The summed E-state index contributed by atoms with van der Waals surface area (Å²) in [6.45, 7) is 0. The van der Waals surface area contributed by atoms with Gasteiger partial charge in [-0.25, -0.2) is 0 Å². The normalized spacial score (nSPS) is 31.0. The zero-order chi connectivity index (χ0) is 6.97. The highest BCUT2D eigenvalue weighted by molar-refractivity contribution is 8.03. The standard InChI is InChI=1S/C7H9NOS/c9-6-3-1-2-5-7(6)10-4-8-5/h1,3,5,8-9H,2,4H2. The van der Waals surface area contributed by atoms with Crippen LogP contribution in [0.5, 0.6) is 0 Å². The minimum absolute atomic E-state index is 0.398. The van der Waals surface area contributed by atoms with Crippen molar-refractivity contribution in [2.75, 3.05) is 5.88 Å². The van der Waals surface area contributed by atoms with E-state index >= 15 is 0 Å². The molecule has 2 N–H and O–H groups in total. The predicted molar refractivity (Wildman–Crippen MR) is 42.8 cm³/mol. The van der Waals surface area contributed by atoms with Crippen LogP contribution in [0.2, 0.25) is 0 Å². The molecule has 3 heteroatoms. The van der Waals surface area contributed by atoms with E-state index in [1.807, 2.05) is 6.08 Å². The Morgan fingerprint density at radius 1 is 1.70 bits per heavy atom. The molecular formula is C7H9NOS. The van der Waals surface area contributed by atoms with Gasteiger partial charge >= 0.3 is 0 Å². The van der Waals surface area contributed by atoms with Crippen LogP contribution in [0.25, 0.3) is 0 Å². The molecule has 1 aliphatic carbocycles. The van der Waals surface area contributed by atoms with E-state index in [0.717, 1.165) is 17.2 Å². The Hall–Kier alpha value is -0.410. The molecule has 10 heavy (non-hydrogen) atoms. The molecule has 2 aliphatic rings. The van der Waals surface area contributed by atoms with Crippen LogP contribution in [0.3, 0.4) is 0 Å². The van der Waals surface area contributed by atoms with E-state index in [0.29, 0.717) is 11.8 Å². The SMILES string of the molecule is OC1=C2SCNC2CC=C1. The molecule has 0 aromatic heterocycles. The molecule has 1 fully saturated rings. The fourth-order valence-corrected chi connectivity index (χ4v) is 2.29. The average molecular weight is 155 g/mol. The summed E-state index contributed by atoms with van der Waals surface area (Å²) < 4.78 is 0. The lowest BCUT2D eigenvalue weighted by atomic mass is 10.1. The van der Waals surface area contributed by atoms with Gasteiger partial charge in [-0.1, -0.05) is 6.08 Å². The van der Waals surface area contributed by atoms with Gasteiger partial charge in [-0.15, -0.1) is 11.8 Å². The second-order valence-corrected chi connectivity index (χ2v) is 3.45. The molecule has 1 saturated heterocycles. The van der Waals surface area contributed by atoms with Crippen molar-refractivity contribution in [1.29, 1.82) is 0 Å². The van der Waals surface area contributed by atoms with Crippen LogP contribution in [-0.4, -0.2) is 17.0 Å². The molecule has 0 bridgehead atoms. The summed E-state index contributed by atoms with van der Waals surface area (Å²) in [6.07, 6.45) is 4.81. The van der Waals surface area contributed by atoms with Crippen molar-refractivity contribution >= 4 is 11.8 Å². The number of nitrogens with one attached hydrogen (secondary N) is 1. The number of fused-ring (bicyclic) bond motifs is 1. The van der Waals surface area contributed by atoms with Gasteiger partial charge in [-0.3, -0.25) is 5.32 Å². The maximum Gasteiger partial charge on any atom is 0.126 e. The van der Waals surface area contributed by atoms with Gasteiger partial charge in [0.15, 0.2) is 0 Å². The van der Waals surface area contributed by atoms with Crippen LogP contribution < -0.4 is 5.32 Å². The molecule has 1 heterocycles. The minimum atomic E-state index is 0.398. The number of allylic oxidation sites excluding steroid dienone is 1. The lowest BCUT2D eigenvalue weighted by molar-refractivity contribution is 0.419. The molecule has 2 nitrogen and oxygen atoms in total. The Morgan fingerprint density at radius 2 is 2.60 bits per heavy atom. The molecule has 0 amide bonds. The molecule has 0 radical (unpaired) electrons. The molecule has 0 spiro atoms. The smallest absolute Gasteiger partial charge is 0.126 e. The Bertz CT molecular complexity index is 210. The van der Waals surface area contributed by atoms with Gasteiger partial charge in [0.1, 0.15) is 5.76 Å². The predicted octanol–water partition coefficient (Wildman–Crippen LogP) is 1.38. The van der Waals surface area contributed by atoms with Gasteiger partial charge in [0, 0.05) is 16.8 Å². The largest absolute Gasteiger partial charge is 0.507 e. The van der Waals surface area contributed by atoms with Gasteiger partial charge in [0.05, 0.1) is 0 Å². The molecular weight excluding hydrogens is 146 g/mol. The van der Waals surface area contributed by atoms with Crippen LogP contribution in [-0.2, 0) is 0 Å². The van der Waals surface area contributed by atoms with Crippen molar-refractivity contribution in [3.05, 3.63) is 22.8 Å². The molecule has 0 saturated carbocycles. The van der Waals surface area contributed by atoms with Crippen LogP contribution in [0, 0.1) is 0 Å². The van der Waals surface area contributed by atoms with Crippen LogP contribution in [0.1, 0.15) is 6.42 Å². The molecule has 0 aromatic carbocycles. The zero-order valence-electron chi connectivity index (χ0n) is 5.50. The summed E-state index contributed by atoms with van der Waals surface area (Å²) in [5, 5.41) is 12.6. The molecule has 1 unspecified atom stereocenters. The van der Waals surface area contributed by atoms with Crippen molar-refractivity contribution in [2.24, 2.45) is 0 Å². The van der Waals surface area contributed by atoms with Gasteiger partial charge in [0.2, 0.25) is 0 Å². The third kappa shape index (κ3) is 0.859. The monoisotopic (exact) mass is 155 g/mol. The maximum atomic E-state index is 9.31. The van der Waals surface area contributed by atoms with E-state index in [-0.39, 0.29) is 0 Å². The zero-order valence-corrected chi connectivity index (χ0v) is 6.32. The molecule has 1 aliphatic heterocycles. The van der Waals surface area contributed by atoms with Gasteiger partial charge in [0.25, 0.3) is 0 Å². The van der Waals surface area contributed by atoms with E-state index in [2.05, 4.69) is 5.32 Å². The lowest BCUT2D eigenvalue weighted by Crippen LogP contribution is -2.23. The number of hydrogen-bond donors (Lipinski definition) is 2. The molecule has 0 aromatic rings. The van der Waals surface area contributed by atoms with E-state index in [1.54, 1.807) is 17.8 Å². The first-order chi connectivity index (χ1) is 4.88. The topological polar surface area (TPSA) is 32.3 Å². The Kier molecular flexibility index (Phi) is 1.47. The van der Waals surface area contributed by atoms with Crippen molar-refractivity contribution in [2.45, 2.75) is 12.5 Å². The van der Waals surface area contributed by atoms with Gasteiger partial charge < -0.3 is 5.11 Å². The van der Waals surface area contributed by atoms with E-state index in [1.165, 1.54) is 0 Å². The number of rotatable bonds is 0. The van der Waals surface area contributed by atoms with Crippen molar-refractivity contribution in [3.63, 3.8) is 0 Å². The summed E-state index contributed by atoms with van der Waals surface area (Å²) in [5.41, 5.74) is 0. The van der Waals surface area contributed by atoms with Crippen LogP contribution in [0.4, 0.5) is 0 Å². The van der Waals surface area contributed by atoms with E-state index in [4.69, 9.17) is 0 Å². The lowest BCUT2D eigenvalue weighted by Gasteiger charge is -2.13. The van der Waals surface area contributed by atoms with E-state index < -0.39 is 0 Å². The molecule has 2 rings (SSSR count). The van der Waals surface area contributed by atoms with Gasteiger partial charge in [-0.2, -0.15) is 0 Å². The third-order valence-corrected chi connectivity index (χ3v) is 2.89. The second-order valence-electron chi connectivity index (χ2n) is 2.43. The van der Waals surface area contributed by atoms with Crippen molar-refractivity contribution in [1.82, 2.24) is 5.32 Å². The fraction of sp³-hybridized carbons (Fsp3) is 0.429. The number of aliphatic hydroxyl groups is 1. The van der Waals surface area contributed by atoms with Crippen LogP contribution in [0.15, 0.2) is 22.8 Å². The number of hydrogen-bond acceptors (Lipinski definition) is 3. The quantitative estimate of drug-likeness (QED) is 0.554. The molecule has 54 valence electrons. The Morgan fingerprint density at radius 3 is 3.40 bits per heavy atom. The highest BCUT2D eigenvalue weighted by atomic mass is 32.2. The Balaban J connectivity index is 2.32. The fourth-order valence-electron chi connectivity index (χ4n) is 1.25. The van der Waals surface area contributed by atoms with E-state index in [9.17, 15) is 5.11 Å². The summed E-state index contributed by atoms with van der Waals surface area (Å²) in [6, 6.07) is 0.398. The average Bonchev–Trinajstić information content (AvgIpc) is 2.36. The third-order valence-electron chi connectivity index (χ3n) is 1.77. The maximum absolute atomic E-state index is 9.31. The highest BCUT2D eigenvalue weighted by Crippen LogP contribution is 2.32. The first-order valence-electron chi connectivity index (χ1n) is 3.34. The number of thioether (sulfide) groups is 1. The van der Waals surface area contributed by atoms with Crippen molar-refractivity contribution < 1.29 is 5.11 Å². The highest BCUT2D eigenvalue weighted by Gasteiger charge is 2.24. The summed E-state index contributed by atoms with van der Waals surface area (Å²) in [4.78, 5) is 1.11. The summed E-state index contributed by atoms with van der Waals surface area (Å²) >= 11 is 1.70. The van der Waals surface area contributed by atoms with Crippen LogP contribution >= 0.6 is 11.8 Å². The summed E-state index contributed by atoms with van der Waals surface area (Å²) in [5.74, 6) is 1.39. The van der Waals surface area contributed by atoms with Crippen molar-refractivity contribution in [3.8, 4) is 0 Å². The first-order valence-corrected chi connectivity index (χ1v) is 4.32. The summed E-state index contributed by atoms with van der Waals surface area (Å²) in [7, 11) is 0. The minimum Gasteiger partial charge on any atom is -0.507 e. The van der Waals surface area contributed by atoms with Gasteiger partial charge in [-0.05, 0) is 12.5 Å². The first kappa shape index (κ1) is 6.31. The number of aliphatic hydroxyl groups excluding tert-OH is 1.